The first-order valence-corrected chi connectivity index (χ1v) is 4.92. The molecule has 2 N–H and O–H groups in total. The Morgan fingerprint density at radius 1 is 1.44 bits per heavy atom. The third-order valence-electron chi connectivity index (χ3n) is 2.20. The van der Waals surface area contributed by atoms with Crippen molar-refractivity contribution in [1.82, 2.24) is 0 Å². The molecule has 0 saturated carbocycles. The second-order valence-corrected chi connectivity index (χ2v) is 3.90. The van der Waals surface area contributed by atoms with Gasteiger partial charge in [0.25, 0.3) is 0 Å². The highest BCUT2D eigenvalue weighted by Gasteiger charge is 2.34. The Balaban J connectivity index is 3.18. The van der Waals surface area contributed by atoms with Crippen LogP contribution < -0.4 is 5.90 Å². The first-order chi connectivity index (χ1) is 7.36. The molecular weight excluding hydrogens is 243 g/mol. The Hall–Kier alpha value is -0.780. The van der Waals surface area contributed by atoms with E-state index in [-0.39, 0.29) is 17.2 Å². The number of hydrogen-bond acceptors (Lipinski definition) is 2. The van der Waals surface area contributed by atoms with Crippen molar-refractivity contribution in [3.8, 4) is 0 Å². The monoisotopic (exact) mass is 253 g/mol. The molecule has 1 aromatic rings. The highest BCUT2D eigenvalue weighted by Crippen LogP contribution is 2.36. The maximum absolute atomic E-state index is 12.7. The number of benzene rings is 1. The van der Waals surface area contributed by atoms with Crippen molar-refractivity contribution in [3.05, 3.63) is 34.3 Å². The van der Waals surface area contributed by atoms with Crippen molar-refractivity contribution in [1.29, 1.82) is 0 Å². The highest BCUT2D eigenvalue weighted by atomic mass is 35.5. The average Bonchev–Trinajstić information content (AvgIpc) is 2.16. The van der Waals surface area contributed by atoms with Crippen LogP contribution in [-0.2, 0) is 11.0 Å². The summed E-state index contributed by atoms with van der Waals surface area (Å²) in [6.45, 7) is 1.62. The molecule has 0 radical (unpaired) electrons. The smallest absolute Gasteiger partial charge is 0.304 e. The number of rotatable bonds is 3. The zero-order valence-electron chi connectivity index (χ0n) is 8.51. The van der Waals surface area contributed by atoms with E-state index < -0.39 is 17.7 Å². The predicted molar refractivity (Wildman–Crippen MR) is 55.0 cm³/mol. The molecule has 0 spiro atoms. The molecule has 0 amide bonds. The molecule has 0 aliphatic carbocycles. The molecule has 1 unspecified atom stereocenters. The van der Waals surface area contributed by atoms with Crippen molar-refractivity contribution in [2.75, 3.05) is 6.61 Å². The number of halogens is 4. The summed E-state index contributed by atoms with van der Waals surface area (Å²) < 4.78 is 38.1. The molecule has 0 heterocycles. The van der Waals surface area contributed by atoms with Crippen LogP contribution in [0, 0.1) is 0 Å². The van der Waals surface area contributed by atoms with Gasteiger partial charge in [-0.05, 0) is 17.7 Å². The summed E-state index contributed by atoms with van der Waals surface area (Å²) in [6, 6.07) is 3.66. The van der Waals surface area contributed by atoms with E-state index in [9.17, 15) is 13.2 Å². The molecule has 0 aliphatic heterocycles. The Bertz CT molecular complexity index is 368. The van der Waals surface area contributed by atoms with Crippen molar-refractivity contribution in [2.45, 2.75) is 19.0 Å². The lowest BCUT2D eigenvalue weighted by Crippen LogP contribution is -2.15. The van der Waals surface area contributed by atoms with E-state index in [0.29, 0.717) is 0 Å². The molecule has 0 aromatic heterocycles. The summed E-state index contributed by atoms with van der Waals surface area (Å²) >= 11 is 5.55. The van der Waals surface area contributed by atoms with Gasteiger partial charge in [-0.25, -0.2) is 5.90 Å². The topological polar surface area (TPSA) is 35.2 Å². The van der Waals surface area contributed by atoms with Crippen LogP contribution in [0.3, 0.4) is 0 Å². The zero-order valence-corrected chi connectivity index (χ0v) is 9.27. The van der Waals surface area contributed by atoms with Crippen LogP contribution >= 0.6 is 11.6 Å². The number of hydrogen-bond donors (Lipinski definition) is 1. The number of alkyl halides is 3. The molecule has 1 atom stereocenters. The summed E-state index contributed by atoms with van der Waals surface area (Å²) in [4.78, 5) is 4.36. The van der Waals surface area contributed by atoms with E-state index in [1.165, 1.54) is 12.1 Å². The van der Waals surface area contributed by atoms with E-state index in [2.05, 4.69) is 4.84 Å². The number of nitrogens with two attached hydrogens (primary N) is 1. The quantitative estimate of drug-likeness (QED) is 0.839. The summed E-state index contributed by atoms with van der Waals surface area (Å²) in [5.74, 6) is 4.40. The summed E-state index contributed by atoms with van der Waals surface area (Å²) in [5.41, 5.74) is -0.619. The van der Waals surface area contributed by atoms with E-state index in [0.717, 1.165) is 6.07 Å². The second-order valence-electron chi connectivity index (χ2n) is 3.46. The lowest BCUT2D eigenvalue weighted by Gasteiger charge is -2.17. The van der Waals surface area contributed by atoms with E-state index in [1.54, 1.807) is 6.92 Å². The fourth-order valence-corrected chi connectivity index (χ4v) is 1.61. The average molecular weight is 254 g/mol. The Labute approximate surface area is 96.1 Å². The van der Waals surface area contributed by atoms with E-state index in [4.69, 9.17) is 17.5 Å². The van der Waals surface area contributed by atoms with Crippen LogP contribution in [0.15, 0.2) is 18.2 Å². The fourth-order valence-electron chi connectivity index (χ4n) is 1.44. The molecule has 0 fully saturated rings. The largest absolute Gasteiger partial charge is 0.416 e. The minimum atomic E-state index is -4.43. The SMILES string of the molecule is CC(CON)c1ccc(Cl)cc1C(F)(F)F. The summed E-state index contributed by atoms with van der Waals surface area (Å²) in [7, 11) is 0. The normalized spacial score (nSPS) is 13.9. The van der Waals surface area contributed by atoms with E-state index >= 15 is 0 Å². The molecule has 6 heteroatoms. The van der Waals surface area contributed by atoms with Crippen LogP contribution in [0.2, 0.25) is 5.02 Å². The molecular formula is C10H11ClF3NO. The van der Waals surface area contributed by atoms with Gasteiger partial charge in [-0.3, -0.25) is 0 Å². The third-order valence-corrected chi connectivity index (χ3v) is 2.43. The van der Waals surface area contributed by atoms with Gasteiger partial charge >= 0.3 is 6.18 Å². The van der Waals surface area contributed by atoms with Crippen LogP contribution in [0.25, 0.3) is 0 Å². The molecule has 1 aromatic carbocycles. The first kappa shape index (κ1) is 13.3. The van der Waals surface area contributed by atoms with Gasteiger partial charge in [-0.1, -0.05) is 24.6 Å². The Morgan fingerprint density at radius 2 is 2.06 bits per heavy atom. The molecule has 16 heavy (non-hydrogen) atoms. The van der Waals surface area contributed by atoms with E-state index in [1.807, 2.05) is 0 Å². The van der Waals surface area contributed by atoms with Gasteiger partial charge in [0, 0.05) is 10.9 Å². The van der Waals surface area contributed by atoms with Crippen molar-refractivity contribution in [2.24, 2.45) is 5.90 Å². The van der Waals surface area contributed by atoms with Crippen LogP contribution in [0.5, 0.6) is 0 Å². The predicted octanol–water partition coefficient (Wildman–Crippen LogP) is 3.35. The maximum atomic E-state index is 12.7. The minimum Gasteiger partial charge on any atom is -0.304 e. The van der Waals surface area contributed by atoms with Gasteiger partial charge in [0.15, 0.2) is 0 Å². The highest BCUT2D eigenvalue weighted by molar-refractivity contribution is 6.30. The molecule has 0 bridgehead atoms. The van der Waals surface area contributed by atoms with Gasteiger partial charge < -0.3 is 4.84 Å². The van der Waals surface area contributed by atoms with Crippen molar-refractivity contribution < 1.29 is 18.0 Å². The van der Waals surface area contributed by atoms with Crippen LogP contribution in [-0.4, -0.2) is 6.61 Å². The molecule has 2 nitrogen and oxygen atoms in total. The second kappa shape index (κ2) is 5.03. The third kappa shape index (κ3) is 3.10. The summed E-state index contributed by atoms with van der Waals surface area (Å²) in [5, 5.41) is 0.0527. The van der Waals surface area contributed by atoms with Crippen LogP contribution in [0.1, 0.15) is 24.0 Å². The fraction of sp³-hybridized carbons (Fsp3) is 0.400. The molecule has 90 valence electrons. The van der Waals surface area contributed by atoms with Gasteiger partial charge in [0.2, 0.25) is 0 Å². The standard InChI is InChI=1S/C10H11ClF3NO/c1-6(5-16-15)8-3-2-7(11)4-9(8)10(12,13)14/h2-4,6H,5,15H2,1H3. The Kier molecular flexibility index (Phi) is 4.18. The maximum Gasteiger partial charge on any atom is 0.416 e. The lowest BCUT2D eigenvalue weighted by molar-refractivity contribution is -0.138. The van der Waals surface area contributed by atoms with Crippen molar-refractivity contribution >= 4 is 11.6 Å². The molecule has 1 rings (SSSR count). The van der Waals surface area contributed by atoms with Gasteiger partial charge in [-0.2, -0.15) is 13.2 Å². The van der Waals surface area contributed by atoms with Gasteiger partial charge in [-0.15, -0.1) is 0 Å². The van der Waals surface area contributed by atoms with Gasteiger partial charge in [0.1, 0.15) is 0 Å². The zero-order chi connectivity index (χ0) is 12.3. The lowest BCUT2D eigenvalue weighted by atomic mass is 9.96. The van der Waals surface area contributed by atoms with Crippen LogP contribution in [0.4, 0.5) is 13.2 Å². The minimum absolute atomic E-state index is 0.0186. The van der Waals surface area contributed by atoms with Crippen molar-refractivity contribution in [3.63, 3.8) is 0 Å². The Morgan fingerprint density at radius 3 is 2.56 bits per heavy atom. The molecule has 0 aliphatic rings. The molecule has 0 saturated heterocycles. The summed E-state index contributed by atoms with van der Waals surface area (Å²) in [6.07, 6.45) is -4.43. The van der Waals surface area contributed by atoms with Gasteiger partial charge in [0.05, 0.1) is 12.2 Å². The first-order valence-electron chi connectivity index (χ1n) is 4.54.